The van der Waals surface area contributed by atoms with E-state index in [-0.39, 0.29) is 18.4 Å². The normalized spacial score (nSPS) is 16.5. The third-order valence-corrected chi connectivity index (χ3v) is 4.18. The molecule has 6 nitrogen and oxygen atoms in total. The van der Waals surface area contributed by atoms with Gasteiger partial charge in [0.15, 0.2) is 0 Å². The van der Waals surface area contributed by atoms with Gasteiger partial charge in [0, 0.05) is 18.7 Å². The van der Waals surface area contributed by atoms with E-state index in [1.165, 1.54) is 24.1 Å². The lowest BCUT2D eigenvalue weighted by atomic mass is 10.2. The van der Waals surface area contributed by atoms with Crippen LogP contribution in [0, 0.1) is 12.7 Å². The maximum Gasteiger partial charge on any atom is 0.319 e. The van der Waals surface area contributed by atoms with Crippen molar-refractivity contribution in [1.29, 1.82) is 0 Å². The summed E-state index contributed by atoms with van der Waals surface area (Å²) in [7, 11) is 1.53. The lowest BCUT2D eigenvalue weighted by molar-refractivity contribution is -0.117. The van der Waals surface area contributed by atoms with Crippen LogP contribution in [0.5, 0.6) is 5.75 Å². The number of hydrogen-bond acceptors (Lipinski definition) is 3. The average molecular weight is 357 g/mol. The second-order valence-corrected chi connectivity index (χ2v) is 6.19. The summed E-state index contributed by atoms with van der Waals surface area (Å²) >= 11 is 0. The topological polar surface area (TPSA) is 70.7 Å². The number of aryl methyl sites for hydroxylation is 1. The average Bonchev–Trinajstić information content (AvgIpc) is 2.95. The summed E-state index contributed by atoms with van der Waals surface area (Å²) in [6.07, 6.45) is 0.162. The van der Waals surface area contributed by atoms with E-state index >= 15 is 0 Å². The van der Waals surface area contributed by atoms with Gasteiger partial charge in [0.1, 0.15) is 11.6 Å². The van der Waals surface area contributed by atoms with Gasteiger partial charge in [-0.2, -0.15) is 0 Å². The molecule has 2 aromatic carbocycles. The molecule has 1 atom stereocenters. The highest BCUT2D eigenvalue weighted by atomic mass is 19.1. The van der Waals surface area contributed by atoms with Crippen molar-refractivity contribution < 1.29 is 18.7 Å². The molecule has 3 rings (SSSR count). The third kappa shape index (κ3) is 3.93. The standard InChI is InChI=1S/C19H20FN3O3/c1-12-6-7-17(26-2)16(8-12)22-19(25)21-14-10-18(24)23(11-14)15-5-3-4-13(20)9-15/h3-9,14H,10-11H2,1-2H3,(H2,21,22,25). The van der Waals surface area contributed by atoms with E-state index < -0.39 is 11.8 Å². The van der Waals surface area contributed by atoms with Crippen LogP contribution in [-0.4, -0.2) is 31.6 Å². The summed E-state index contributed by atoms with van der Waals surface area (Å²) in [5.41, 5.74) is 2.02. The van der Waals surface area contributed by atoms with Gasteiger partial charge < -0.3 is 20.3 Å². The minimum Gasteiger partial charge on any atom is -0.495 e. The highest BCUT2D eigenvalue weighted by Crippen LogP contribution is 2.26. The van der Waals surface area contributed by atoms with Gasteiger partial charge >= 0.3 is 6.03 Å². The molecule has 1 aliphatic rings. The van der Waals surface area contributed by atoms with E-state index in [2.05, 4.69) is 10.6 Å². The SMILES string of the molecule is COc1ccc(C)cc1NC(=O)NC1CC(=O)N(c2cccc(F)c2)C1. The second-order valence-electron chi connectivity index (χ2n) is 6.19. The summed E-state index contributed by atoms with van der Waals surface area (Å²) in [6.45, 7) is 2.20. The Morgan fingerprint density at radius 2 is 2.08 bits per heavy atom. The Labute approximate surface area is 150 Å². The number of urea groups is 1. The van der Waals surface area contributed by atoms with Crippen LogP contribution in [0.2, 0.25) is 0 Å². The molecule has 1 fully saturated rings. The molecular formula is C19H20FN3O3. The van der Waals surface area contributed by atoms with Gasteiger partial charge in [-0.05, 0) is 42.8 Å². The molecule has 136 valence electrons. The van der Waals surface area contributed by atoms with Crippen molar-refractivity contribution in [3.05, 3.63) is 53.8 Å². The lowest BCUT2D eigenvalue weighted by Crippen LogP contribution is -2.39. The van der Waals surface area contributed by atoms with E-state index in [4.69, 9.17) is 4.74 Å². The number of benzene rings is 2. The molecule has 2 aromatic rings. The van der Waals surface area contributed by atoms with Gasteiger partial charge in [-0.25, -0.2) is 9.18 Å². The first-order chi connectivity index (χ1) is 12.5. The highest BCUT2D eigenvalue weighted by Gasteiger charge is 2.31. The largest absolute Gasteiger partial charge is 0.495 e. The zero-order chi connectivity index (χ0) is 18.7. The van der Waals surface area contributed by atoms with Crippen LogP contribution in [0.4, 0.5) is 20.6 Å². The lowest BCUT2D eigenvalue weighted by Gasteiger charge is -2.18. The molecule has 0 bridgehead atoms. The van der Waals surface area contributed by atoms with Crippen molar-refractivity contribution in [2.24, 2.45) is 0 Å². The van der Waals surface area contributed by atoms with Crippen LogP contribution in [-0.2, 0) is 4.79 Å². The summed E-state index contributed by atoms with van der Waals surface area (Å²) in [5.74, 6) is -0.0142. The predicted octanol–water partition coefficient (Wildman–Crippen LogP) is 3.07. The number of halogens is 1. The van der Waals surface area contributed by atoms with Crippen molar-refractivity contribution in [3.63, 3.8) is 0 Å². The maximum atomic E-state index is 13.4. The summed E-state index contributed by atoms with van der Waals surface area (Å²) in [5, 5.41) is 5.52. The first-order valence-corrected chi connectivity index (χ1v) is 8.24. The summed E-state index contributed by atoms with van der Waals surface area (Å²) in [6, 6.07) is 10.5. The number of nitrogens with zero attached hydrogens (tertiary/aromatic N) is 1. The monoisotopic (exact) mass is 357 g/mol. The Morgan fingerprint density at radius 3 is 2.81 bits per heavy atom. The second kappa shape index (κ2) is 7.43. The maximum absolute atomic E-state index is 13.4. The molecule has 0 saturated carbocycles. The van der Waals surface area contributed by atoms with Crippen LogP contribution >= 0.6 is 0 Å². The van der Waals surface area contributed by atoms with Crippen molar-refractivity contribution in [1.82, 2.24) is 5.32 Å². The summed E-state index contributed by atoms with van der Waals surface area (Å²) in [4.78, 5) is 26.0. The molecule has 26 heavy (non-hydrogen) atoms. The van der Waals surface area contributed by atoms with Gasteiger partial charge in [0.05, 0.1) is 18.8 Å². The van der Waals surface area contributed by atoms with Gasteiger partial charge in [0.25, 0.3) is 0 Å². The fourth-order valence-corrected chi connectivity index (χ4v) is 2.96. The van der Waals surface area contributed by atoms with Crippen LogP contribution in [0.25, 0.3) is 0 Å². The number of carbonyl (C=O) groups is 2. The number of hydrogen-bond donors (Lipinski definition) is 2. The molecule has 1 saturated heterocycles. The van der Waals surface area contributed by atoms with E-state index in [1.54, 1.807) is 24.3 Å². The van der Waals surface area contributed by atoms with E-state index in [1.807, 2.05) is 13.0 Å². The number of rotatable bonds is 4. The van der Waals surface area contributed by atoms with Gasteiger partial charge in [-0.3, -0.25) is 4.79 Å². The molecule has 0 spiro atoms. The van der Waals surface area contributed by atoms with Gasteiger partial charge in [-0.15, -0.1) is 0 Å². The third-order valence-electron chi connectivity index (χ3n) is 4.18. The number of methoxy groups -OCH3 is 1. The van der Waals surface area contributed by atoms with E-state index in [0.29, 0.717) is 23.7 Å². The quantitative estimate of drug-likeness (QED) is 0.883. The highest BCUT2D eigenvalue weighted by molar-refractivity contribution is 5.98. The number of ether oxygens (including phenoxy) is 1. The molecule has 1 aliphatic heterocycles. The number of carbonyl (C=O) groups excluding carboxylic acids is 2. The molecule has 1 unspecified atom stereocenters. The smallest absolute Gasteiger partial charge is 0.319 e. The van der Waals surface area contributed by atoms with Crippen molar-refractivity contribution in [2.75, 3.05) is 23.9 Å². The number of amides is 3. The van der Waals surface area contributed by atoms with Crippen molar-refractivity contribution in [3.8, 4) is 5.75 Å². The Balaban J connectivity index is 1.64. The Bertz CT molecular complexity index is 841. The minimum atomic E-state index is -0.423. The van der Waals surface area contributed by atoms with Crippen molar-refractivity contribution in [2.45, 2.75) is 19.4 Å². The van der Waals surface area contributed by atoms with E-state index in [9.17, 15) is 14.0 Å². The van der Waals surface area contributed by atoms with Crippen LogP contribution in [0.1, 0.15) is 12.0 Å². The van der Waals surface area contributed by atoms with Crippen LogP contribution in [0.3, 0.4) is 0 Å². The minimum absolute atomic E-state index is 0.158. The first-order valence-electron chi connectivity index (χ1n) is 8.24. The predicted molar refractivity (Wildman–Crippen MR) is 97.0 cm³/mol. The van der Waals surface area contributed by atoms with Crippen LogP contribution < -0.4 is 20.3 Å². The molecule has 3 amide bonds. The molecule has 0 aliphatic carbocycles. The Morgan fingerprint density at radius 1 is 1.27 bits per heavy atom. The Hall–Kier alpha value is -3.09. The number of anilines is 2. The van der Waals surface area contributed by atoms with E-state index in [0.717, 1.165) is 5.56 Å². The van der Waals surface area contributed by atoms with Gasteiger partial charge in [0.2, 0.25) is 5.91 Å². The first kappa shape index (κ1) is 17.7. The zero-order valence-corrected chi connectivity index (χ0v) is 14.6. The van der Waals surface area contributed by atoms with Gasteiger partial charge in [-0.1, -0.05) is 12.1 Å². The number of nitrogens with one attached hydrogen (secondary N) is 2. The zero-order valence-electron chi connectivity index (χ0n) is 14.6. The molecular weight excluding hydrogens is 337 g/mol. The van der Waals surface area contributed by atoms with Crippen LogP contribution in [0.15, 0.2) is 42.5 Å². The molecule has 7 heteroatoms. The molecule has 0 radical (unpaired) electrons. The molecule has 0 aromatic heterocycles. The fraction of sp³-hybridized carbons (Fsp3) is 0.263. The fourth-order valence-electron chi connectivity index (χ4n) is 2.96. The Kier molecular flexibility index (Phi) is 5.06. The molecule has 1 heterocycles. The summed E-state index contributed by atoms with van der Waals surface area (Å²) < 4.78 is 18.6. The van der Waals surface area contributed by atoms with Crippen molar-refractivity contribution >= 4 is 23.3 Å². The molecule has 2 N–H and O–H groups in total.